The fraction of sp³-hybridized carbons (Fsp3) is 0.174. The van der Waals surface area contributed by atoms with E-state index in [9.17, 15) is 23.3 Å². The molecule has 0 saturated heterocycles. The largest absolute Gasteiger partial charge is 0.354 e. The maximum atomic E-state index is 13.2. The number of carbonyl (C=O) groups excluding carboxylic acids is 1. The van der Waals surface area contributed by atoms with E-state index in [1.807, 2.05) is 24.3 Å². The number of nitro benzene ring substituents is 1. The second kappa shape index (κ2) is 11.9. The van der Waals surface area contributed by atoms with Crippen LogP contribution in [0.1, 0.15) is 5.56 Å². The van der Waals surface area contributed by atoms with Gasteiger partial charge < -0.3 is 5.32 Å². The van der Waals surface area contributed by atoms with Crippen LogP contribution in [0.2, 0.25) is 5.02 Å². The predicted molar refractivity (Wildman–Crippen MR) is 135 cm³/mol. The Kier molecular flexibility index (Phi) is 8.91. The molecular weight excluding hydrogens is 498 g/mol. The summed E-state index contributed by atoms with van der Waals surface area (Å²) in [6.07, 6.45) is 0. The third-order valence-corrected chi connectivity index (χ3v) is 7.79. The van der Waals surface area contributed by atoms with Crippen LogP contribution in [0.3, 0.4) is 0 Å². The Morgan fingerprint density at radius 3 is 2.26 bits per heavy atom. The first kappa shape index (κ1) is 25.5. The highest BCUT2D eigenvalue weighted by atomic mass is 35.5. The van der Waals surface area contributed by atoms with Gasteiger partial charge in [0.1, 0.15) is 6.54 Å². The molecule has 0 bridgehead atoms. The fourth-order valence-corrected chi connectivity index (χ4v) is 5.38. The van der Waals surface area contributed by atoms with E-state index < -0.39 is 27.4 Å². The summed E-state index contributed by atoms with van der Waals surface area (Å²) in [6.45, 7) is -0.104. The molecule has 0 saturated carbocycles. The number of benzene rings is 3. The summed E-state index contributed by atoms with van der Waals surface area (Å²) in [5.41, 5.74) is 1.09. The molecule has 8 nitrogen and oxygen atoms in total. The van der Waals surface area contributed by atoms with Gasteiger partial charge in [0.05, 0.1) is 15.5 Å². The lowest BCUT2D eigenvalue weighted by atomic mass is 10.2. The Morgan fingerprint density at radius 1 is 1.00 bits per heavy atom. The minimum absolute atomic E-state index is 0.0136. The maximum absolute atomic E-state index is 13.2. The van der Waals surface area contributed by atoms with Crippen molar-refractivity contribution < 1.29 is 18.1 Å². The molecule has 0 heterocycles. The highest BCUT2D eigenvalue weighted by molar-refractivity contribution is 7.98. The predicted octanol–water partition coefficient (Wildman–Crippen LogP) is 4.49. The van der Waals surface area contributed by atoms with Crippen LogP contribution in [0.4, 0.5) is 11.4 Å². The van der Waals surface area contributed by atoms with Crippen LogP contribution >= 0.6 is 23.4 Å². The molecule has 3 aromatic rings. The van der Waals surface area contributed by atoms with Crippen molar-refractivity contribution in [2.75, 3.05) is 23.1 Å². The van der Waals surface area contributed by atoms with Gasteiger partial charge in [-0.25, -0.2) is 8.42 Å². The van der Waals surface area contributed by atoms with Gasteiger partial charge in [-0.1, -0.05) is 41.9 Å². The van der Waals surface area contributed by atoms with Crippen molar-refractivity contribution in [3.05, 3.63) is 99.6 Å². The number of hydrogen-bond donors (Lipinski definition) is 1. The second-order valence-electron chi connectivity index (χ2n) is 7.13. The number of nitrogens with one attached hydrogen (secondary N) is 1. The number of thioether (sulfide) groups is 1. The van der Waals surface area contributed by atoms with E-state index in [1.54, 1.807) is 30.0 Å². The van der Waals surface area contributed by atoms with E-state index in [0.717, 1.165) is 15.6 Å². The van der Waals surface area contributed by atoms with Crippen LogP contribution in [0.15, 0.2) is 83.8 Å². The molecular formula is C23H22ClN3O5S2. The molecule has 0 aliphatic carbocycles. The molecule has 1 amide bonds. The SMILES string of the molecule is O=C(CN(c1ccc([N+](=O)[O-])cc1)S(=O)(=O)c1ccccc1)NCCSCc1ccc(Cl)cc1. The zero-order valence-electron chi connectivity index (χ0n) is 18.0. The third kappa shape index (κ3) is 6.96. The van der Waals surface area contributed by atoms with Gasteiger partial charge in [-0.15, -0.1) is 0 Å². The number of carbonyl (C=O) groups is 1. The molecule has 0 aliphatic rings. The molecule has 0 spiro atoms. The van der Waals surface area contributed by atoms with Crippen LogP contribution in [0, 0.1) is 10.1 Å². The number of rotatable bonds is 11. The van der Waals surface area contributed by atoms with Crippen molar-refractivity contribution in [2.45, 2.75) is 10.6 Å². The molecule has 0 radical (unpaired) electrons. The van der Waals surface area contributed by atoms with E-state index >= 15 is 0 Å². The summed E-state index contributed by atoms with van der Waals surface area (Å²) >= 11 is 7.50. The Morgan fingerprint density at radius 2 is 1.65 bits per heavy atom. The summed E-state index contributed by atoms with van der Waals surface area (Å²) in [6, 6.07) is 20.2. The number of anilines is 1. The van der Waals surface area contributed by atoms with Gasteiger partial charge in [-0.3, -0.25) is 19.2 Å². The van der Waals surface area contributed by atoms with Crippen molar-refractivity contribution in [3.63, 3.8) is 0 Å². The van der Waals surface area contributed by atoms with Crippen molar-refractivity contribution >= 4 is 50.7 Å². The first-order valence-corrected chi connectivity index (χ1v) is 13.2. The third-order valence-electron chi connectivity index (χ3n) is 4.72. The quantitative estimate of drug-likeness (QED) is 0.227. The molecule has 1 N–H and O–H groups in total. The van der Waals surface area contributed by atoms with E-state index in [0.29, 0.717) is 17.3 Å². The lowest BCUT2D eigenvalue weighted by Gasteiger charge is -2.24. The molecule has 3 rings (SSSR count). The number of halogens is 1. The highest BCUT2D eigenvalue weighted by Gasteiger charge is 2.27. The van der Waals surface area contributed by atoms with Crippen molar-refractivity contribution in [2.24, 2.45) is 0 Å². The molecule has 0 aliphatic heterocycles. The van der Waals surface area contributed by atoms with Gasteiger partial charge in [0.25, 0.3) is 15.7 Å². The Labute approximate surface area is 207 Å². The second-order valence-corrected chi connectivity index (χ2v) is 10.5. The van der Waals surface area contributed by atoms with Crippen molar-refractivity contribution in [1.82, 2.24) is 5.32 Å². The van der Waals surface area contributed by atoms with E-state index in [2.05, 4.69) is 5.32 Å². The fourth-order valence-electron chi connectivity index (χ4n) is 2.99. The minimum atomic E-state index is -4.07. The molecule has 0 unspecified atom stereocenters. The van der Waals surface area contributed by atoms with E-state index in [-0.39, 0.29) is 16.3 Å². The molecule has 0 atom stereocenters. The smallest absolute Gasteiger partial charge is 0.269 e. The van der Waals surface area contributed by atoms with Crippen LogP contribution in [0.5, 0.6) is 0 Å². The lowest BCUT2D eigenvalue weighted by Crippen LogP contribution is -2.41. The number of sulfonamides is 1. The van der Waals surface area contributed by atoms with Crippen LogP contribution in [-0.4, -0.2) is 38.1 Å². The highest BCUT2D eigenvalue weighted by Crippen LogP contribution is 2.25. The monoisotopic (exact) mass is 519 g/mol. The zero-order chi connectivity index (χ0) is 24.6. The van der Waals surface area contributed by atoms with Gasteiger partial charge in [0, 0.05) is 35.2 Å². The number of nitrogens with zero attached hydrogens (tertiary/aromatic N) is 2. The average Bonchev–Trinajstić information content (AvgIpc) is 2.84. The number of nitro groups is 1. The first-order valence-electron chi connectivity index (χ1n) is 10.2. The molecule has 0 aromatic heterocycles. The van der Waals surface area contributed by atoms with Crippen LogP contribution in [-0.2, 0) is 20.6 Å². The van der Waals surface area contributed by atoms with E-state index in [4.69, 9.17) is 11.6 Å². The van der Waals surface area contributed by atoms with Gasteiger partial charge in [0.15, 0.2) is 0 Å². The number of amides is 1. The molecule has 3 aromatic carbocycles. The Hall–Kier alpha value is -3.08. The standard InChI is InChI=1S/C23H22ClN3O5S2/c24-19-8-6-18(7-9-19)17-33-15-14-25-23(28)16-26(20-10-12-21(13-11-20)27(29)30)34(31,32)22-4-2-1-3-5-22/h1-13H,14-17H2,(H,25,28). The lowest BCUT2D eigenvalue weighted by molar-refractivity contribution is -0.384. The summed E-state index contributed by atoms with van der Waals surface area (Å²) in [5, 5.41) is 14.4. The van der Waals surface area contributed by atoms with Crippen LogP contribution in [0.25, 0.3) is 0 Å². The van der Waals surface area contributed by atoms with Gasteiger partial charge in [0.2, 0.25) is 5.91 Å². The zero-order valence-corrected chi connectivity index (χ0v) is 20.4. The minimum Gasteiger partial charge on any atom is -0.354 e. The van der Waals surface area contributed by atoms with Gasteiger partial charge in [-0.05, 0) is 42.0 Å². The first-order chi connectivity index (χ1) is 16.3. The number of hydrogen-bond acceptors (Lipinski definition) is 6. The normalized spacial score (nSPS) is 11.1. The maximum Gasteiger partial charge on any atom is 0.269 e. The summed E-state index contributed by atoms with van der Waals surface area (Å²) in [5.74, 6) is 0.909. The van der Waals surface area contributed by atoms with Gasteiger partial charge >= 0.3 is 0 Å². The van der Waals surface area contributed by atoms with E-state index in [1.165, 1.54) is 36.4 Å². The molecule has 11 heteroatoms. The Bertz CT molecular complexity index is 1220. The summed E-state index contributed by atoms with van der Waals surface area (Å²) in [4.78, 5) is 23.0. The molecule has 178 valence electrons. The van der Waals surface area contributed by atoms with Crippen LogP contribution < -0.4 is 9.62 Å². The van der Waals surface area contributed by atoms with Gasteiger partial charge in [-0.2, -0.15) is 11.8 Å². The average molecular weight is 520 g/mol. The Balaban J connectivity index is 1.65. The van der Waals surface area contributed by atoms with Crippen molar-refractivity contribution in [1.29, 1.82) is 0 Å². The topological polar surface area (TPSA) is 110 Å². The molecule has 34 heavy (non-hydrogen) atoms. The number of non-ortho nitro benzene ring substituents is 1. The summed E-state index contributed by atoms with van der Waals surface area (Å²) in [7, 11) is -4.07. The molecule has 0 fully saturated rings. The summed E-state index contributed by atoms with van der Waals surface area (Å²) < 4.78 is 27.4. The van der Waals surface area contributed by atoms with Crippen molar-refractivity contribution in [3.8, 4) is 0 Å².